The Morgan fingerprint density at radius 3 is 2.50 bits per heavy atom. The quantitative estimate of drug-likeness (QED) is 0.407. The summed E-state index contributed by atoms with van der Waals surface area (Å²) >= 11 is 0. The maximum absolute atomic E-state index is 12.1. The van der Waals surface area contributed by atoms with E-state index in [4.69, 9.17) is 4.74 Å². The number of carbonyl (C=O) groups excluding carboxylic acids is 2. The van der Waals surface area contributed by atoms with Crippen molar-refractivity contribution >= 4 is 35.0 Å². The third-order valence-electron chi connectivity index (χ3n) is 3.52. The lowest BCUT2D eigenvalue weighted by Crippen LogP contribution is -2.09. The highest BCUT2D eigenvalue weighted by atomic mass is 16.6. The minimum atomic E-state index is -0.518. The van der Waals surface area contributed by atoms with Crippen molar-refractivity contribution in [3.63, 3.8) is 0 Å². The van der Waals surface area contributed by atoms with Crippen LogP contribution in [-0.4, -0.2) is 23.3 Å². The van der Waals surface area contributed by atoms with Crippen LogP contribution in [0.4, 0.5) is 17.1 Å². The Morgan fingerprint density at radius 1 is 1.14 bits per heavy atom. The highest BCUT2D eigenvalue weighted by Crippen LogP contribution is 2.28. The molecular weight excluding hydrogens is 362 g/mol. The summed E-state index contributed by atoms with van der Waals surface area (Å²) in [6.45, 7) is 3.69. The Morgan fingerprint density at radius 2 is 1.86 bits per heavy atom. The Hall–Kier alpha value is -3.68. The average molecular weight is 383 g/mol. The van der Waals surface area contributed by atoms with Crippen LogP contribution in [-0.2, 0) is 9.59 Å². The molecule has 2 amide bonds. The van der Waals surface area contributed by atoms with Crippen molar-refractivity contribution in [2.75, 3.05) is 17.2 Å². The summed E-state index contributed by atoms with van der Waals surface area (Å²) in [6, 6.07) is 11.2. The van der Waals surface area contributed by atoms with Gasteiger partial charge in [0, 0.05) is 30.4 Å². The maximum atomic E-state index is 12.1. The van der Waals surface area contributed by atoms with E-state index >= 15 is 0 Å². The Labute approximate surface area is 162 Å². The summed E-state index contributed by atoms with van der Waals surface area (Å²) in [7, 11) is 0. The standard InChI is InChI=1S/C20H21N3O5/c1-3-11-28-19-9-7-15(12-18(19)23(26)27)8-10-20(25)22-17-6-4-5-16(13-17)21-14(2)24/h4-10,12-13H,3,11H2,1-2H3,(H,21,24)(H,22,25)/b10-8+. The molecule has 0 fully saturated rings. The minimum absolute atomic E-state index is 0.154. The van der Waals surface area contributed by atoms with Crippen LogP contribution in [0.2, 0.25) is 0 Å². The zero-order valence-corrected chi connectivity index (χ0v) is 15.6. The highest BCUT2D eigenvalue weighted by Gasteiger charge is 2.15. The van der Waals surface area contributed by atoms with E-state index in [9.17, 15) is 19.7 Å². The molecule has 0 aromatic heterocycles. The second kappa shape index (κ2) is 9.86. The lowest BCUT2D eigenvalue weighted by molar-refractivity contribution is -0.385. The molecule has 0 saturated heterocycles. The number of nitrogens with one attached hydrogen (secondary N) is 2. The van der Waals surface area contributed by atoms with Gasteiger partial charge in [-0.1, -0.05) is 19.1 Å². The fourth-order valence-electron chi connectivity index (χ4n) is 2.35. The van der Waals surface area contributed by atoms with E-state index in [2.05, 4.69) is 10.6 Å². The van der Waals surface area contributed by atoms with E-state index in [0.717, 1.165) is 6.42 Å². The molecule has 2 rings (SSSR count). The van der Waals surface area contributed by atoms with Crippen LogP contribution in [0.1, 0.15) is 25.8 Å². The summed E-state index contributed by atoms with van der Waals surface area (Å²) in [5.41, 5.74) is 1.42. The van der Waals surface area contributed by atoms with Crippen LogP contribution >= 0.6 is 0 Å². The molecule has 8 nitrogen and oxygen atoms in total. The number of hydrogen-bond donors (Lipinski definition) is 2. The number of benzene rings is 2. The first-order valence-corrected chi connectivity index (χ1v) is 8.67. The van der Waals surface area contributed by atoms with Crippen LogP contribution in [0.3, 0.4) is 0 Å². The predicted molar refractivity (Wildman–Crippen MR) is 107 cm³/mol. The lowest BCUT2D eigenvalue weighted by atomic mass is 10.1. The van der Waals surface area contributed by atoms with E-state index < -0.39 is 10.8 Å². The van der Waals surface area contributed by atoms with Gasteiger partial charge in [-0.15, -0.1) is 0 Å². The molecule has 0 unspecified atom stereocenters. The van der Waals surface area contributed by atoms with E-state index in [0.29, 0.717) is 23.5 Å². The Balaban J connectivity index is 2.08. The van der Waals surface area contributed by atoms with Gasteiger partial charge in [-0.05, 0) is 42.3 Å². The smallest absolute Gasteiger partial charge is 0.311 e. The Kier molecular flexibility index (Phi) is 7.27. The van der Waals surface area contributed by atoms with Gasteiger partial charge in [-0.2, -0.15) is 0 Å². The first-order valence-electron chi connectivity index (χ1n) is 8.67. The fourth-order valence-corrected chi connectivity index (χ4v) is 2.35. The van der Waals surface area contributed by atoms with Gasteiger partial charge in [-0.25, -0.2) is 0 Å². The number of nitro benzene ring substituents is 1. The van der Waals surface area contributed by atoms with Crippen molar-refractivity contribution < 1.29 is 19.2 Å². The molecule has 0 spiro atoms. The van der Waals surface area contributed by atoms with Crippen molar-refractivity contribution in [2.24, 2.45) is 0 Å². The number of amides is 2. The third kappa shape index (κ3) is 6.24. The molecule has 8 heteroatoms. The molecule has 0 bridgehead atoms. The zero-order chi connectivity index (χ0) is 20.5. The molecule has 2 aromatic carbocycles. The summed E-state index contributed by atoms with van der Waals surface area (Å²) in [6.07, 6.45) is 3.49. The molecule has 146 valence electrons. The largest absolute Gasteiger partial charge is 0.487 e. The molecule has 0 radical (unpaired) electrons. The van der Waals surface area contributed by atoms with E-state index in [1.807, 2.05) is 6.92 Å². The first-order chi connectivity index (χ1) is 13.4. The number of nitrogens with zero attached hydrogens (tertiary/aromatic N) is 1. The summed E-state index contributed by atoms with van der Waals surface area (Å²) in [5, 5.41) is 16.5. The summed E-state index contributed by atoms with van der Waals surface area (Å²) < 4.78 is 5.37. The molecule has 2 N–H and O–H groups in total. The molecule has 0 heterocycles. The number of carbonyl (C=O) groups is 2. The van der Waals surface area contributed by atoms with Crippen molar-refractivity contribution in [3.05, 3.63) is 64.2 Å². The molecule has 28 heavy (non-hydrogen) atoms. The van der Waals surface area contributed by atoms with E-state index in [1.165, 1.54) is 31.2 Å². The van der Waals surface area contributed by atoms with Gasteiger partial charge in [0.1, 0.15) is 0 Å². The molecule has 0 atom stereocenters. The topological polar surface area (TPSA) is 111 Å². The van der Waals surface area contributed by atoms with Gasteiger partial charge >= 0.3 is 5.69 Å². The van der Waals surface area contributed by atoms with Gasteiger partial charge in [0.15, 0.2) is 5.75 Å². The van der Waals surface area contributed by atoms with Crippen LogP contribution < -0.4 is 15.4 Å². The summed E-state index contributed by atoms with van der Waals surface area (Å²) in [4.78, 5) is 33.9. The Bertz CT molecular complexity index is 908. The normalized spacial score (nSPS) is 10.5. The monoisotopic (exact) mass is 383 g/mol. The SMILES string of the molecule is CCCOc1ccc(/C=C/C(=O)Nc2cccc(NC(C)=O)c2)cc1[N+](=O)[O-]. The minimum Gasteiger partial charge on any atom is -0.487 e. The third-order valence-corrected chi connectivity index (χ3v) is 3.52. The average Bonchev–Trinajstić information content (AvgIpc) is 2.64. The van der Waals surface area contributed by atoms with Gasteiger partial charge in [0.2, 0.25) is 11.8 Å². The van der Waals surface area contributed by atoms with Crippen molar-refractivity contribution in [3.8, 4) is 5.75 Å². The second-order valence-corrected chi connectivity index (χ2v) is 5.92. The number of anilines is 2. The van der Waals surface area contributed by atoms with Gasteiger partial charge in [0.05, 0.1) is 11.5 Å². The van der Waals surface area contributed by atoms with Crippen LogP contribution in [0, 0.1) is 10.1 Å². The molecule has 0 aliphatic rings. The summed E-state index contributed by atoms with van der Waals surface area (Å²) in [5.74, 6) is -0.423. The maximum Gasteiger partial charge on any atom is 0.311 e. The number of rotatable bonds is 8. The molecule has 0 saturated carbocycles. The number of hydrogen-bond acceptors (Lipinski definition) is 5. The molecule has 0 aliphatic carbocycles. The van der Waals surface area contributed by atoms with Crippen molar-refractivity contribution in [1.29, 1.82) is 0 Å². The van der Waals surface area contributed by atoms with Gasteiger partial charge < -0.3 is 15.4 Å². The number of ether oxygens (including phenoxy) is 1. The van der Waals surface area contributed by atoms with Crippen molar-refractivity contribution in [2.45, 2.75) is 20.3 Å². The lowest BCUT2D eigenvalue weighted by Gasteiger charge is -2.07. The molecular formula is C20H21N3O5. The van der Waals surface area contributed by atoms with Gasteiger partial charge in [0.25, 0.3) is 0 Å². The van der Waals surface area contributed by atoms with E-state index in [-0.39, 0.29) is 17.3 Å². The zero-order valence-electron chi connectivity index (χ0n) is 15.6. The predicted octanol–water partition coefficient (Wildman–Crippen LogP) is 3.99. The van der Waals surface area contributed by atoms with E-state index in [1.54, 1.807) is 30.3 Å². The van der Waals surface area contributed by atoms with Crippen LogP contribution in [0.15, 0.2) is 48.5 Å². The first kappa shape index (κ1) is 20.6. The molecule has 0 aliphatic heterocycles. The highest BCUT2D eigenvalue weighted by molar-refractivity contribution is 6.02. The van der Waals surface area contributed by atoms with Crippen LogP contribution in [0.25, 0.3) is 6.08 Å². The molecule has 2 aromatic rings. The fraction of sp³-hybridized carbons (Fsp3) is 0.200. The number of nitro groups is 1. The van der Waals surface area contributed by atoms with Gasteiger partial charge in [-0.3, -0.25) is 19.7 Å². The van der Waals surface area contributed by atoms with Crippen molar-refractivity contribution in [1.82, 2.24) is 0 Å². The second-order valence-electron chi connectivity index (χ2n) is 5.92. The van der Waals surface area contributed by atoms with Crippen LogP contribution in [0.5, 0.6) is 5.75 Å².